The highest BCUT2D eigenvalue weighted by molar-refractivity contribution is 7.99. The number of thioether (sulfide) groups is 1. The number of piperazine rings is 1. The second-order valence-corrected chi connectivity index (χ2v) is 9.22. The first-order valence-electron chi connectivity index (χ1n) is 10.3. The highest BCUT2D eigenvalue weighted by atomic mass is 32.2. The molecule has 7 nitrogen and oxygen atoms in total. The van der Waals surface area contributed by atoms with Gasteiger partial charge in [-0.15, -0.1) is 11.8 Å². The van der Waals surface area contributed by atoms with E-state index in [0.29, 0.717) is 17.1 Å². The van der Waals surface area contributed by atoms with Crippen molar-refractivity contribution in [1.29, 1.82) is 0 Å². The van der Waals surface area contributed by atoms with Crippen LogP contribution in [0.25, 0.3) is 11.0 Å². The Bertz CT molecular complexity index is 906. The summed E-state index contributed by atoms with van der Waals surface area (Å²) < 4.78 is 13.8. The monoisotopic (exact) mass is 418 g/mol. The number of aromatic amines is 1. The lowest BCUT2D eigenvalue weighted by atomic mass is 10.1. The van der Waals surface area contributed by atoms with E-state index in [-0.39, 0.29) is 17.8 Å². The second kappa shape index (κ2) is 7.77. The van der Waals surface area contributed by atoms with Crippen molar-refractivity contribution in [2.45, 2.75) is 25.4 Å². The molecule has 1 amide bonds. The van der Waals surface area contributed by atoms with Gasteiger partial charge in [-0.05, 0) is 25.5 Å². The average Bonchev–Trinajstić information content (AvgIpc) is 3.51. The maximum atomic E-state index is 13.8. The highest BCUT2D eigenvalue weighted by Crippen LogP contribution is 2.25. The molecule has 5 rings (SSSR count). The molecule has 1 aromatic heterocycles. The molecule has 2 aromatic rings. The number of aromatic nitrogens is 2. The molecule has 1 aromatic carbocycles. The summed E-state index contributed by atoms with van der Waals surface area (Å²) in [5.74, 6) is 2.75. The number of H-pyrrole nitrogens is 1. The molecule has 3 fully saturated rings. The molecule has 0 bridgehead atoms. The maximum Gasteiger partial charge on any atom is 0.240 e. The lowest BCUT2D eigenvalue weighted by molar-refractivity contribution is -0.131. The molecule has 3 aliphatic heterocycles. The van der Waals surface area contributed by atoms with Gasteiger partial charge in [0.1, 0.15) is 5.82 Å². The van der Waals surface area contributed by atoms with Crippen LogP contribution in [0.15, 0.2) is 12.1 Å². The predicted octanol–water partition coefficient (Wildman–Crippen LogP) is 1.40. The van der Waals surface area contributed by atoms with Crippen molar-refractivity contribution >= 4 is 34.7 Å². The minimum atomic E-state index is -0.217. The van der Waals surface area contributed by atoms with Crippen molar-refractivity contribution in [1.82, 2.24) is 25.1 Å². The molecular formula is C20H27FN6OS. The van der Waals surface area contributed by atoms with E-state index in [9.17, 15) is 9.18 Å². The number of hydrogen-bond acceptors (Lipinski definition) is 6. The summed E-state index contributed by atoms with van der Waals surface area (Å²) in [6.07, 6.45) is 0.892. The van der Waals surface area contributed by atoms with Gasteiger partial charge in [-0.2, -0.15) is 0 Å². The van der Waals surface area contributed by atoms with Gasteiger partial charge in [0, 0.05) is 56.6 Å². The molecule has 2 atom stereocenters. The number of aryl methyl sites for hydroxylation is 1. The van der Waals surface area contributed by atoms with E-state index in [1.165, 1.54) is 6.07 Å². The van der Waals surface area contributed by atoms with Crippen molar-refractivity contribution < 1.29 is 9.18 Å². The largest absolute Gasteiger partial charge is 0.340 e. The fourth-order valence-electron chi connectivity index (χ4n) is 4.62. The summed E-state index contributed by atoms with van der Waals surface area (Å²) in [5, 5.41) is 3.44. The minimum Gasteiger partial charge on any atom is -0.340 e. The van der Waals surface area contributed by atoms with E-state index < -0.39 is 0 Å². The topological polar surface area (TPSA) is 67.5 Å². The van der Waals surface area contributed by atoms with Gasteiger partial charge in [-0.3, -0.25) is 9.69 Å². The van der Waals surface area contributed by atoms with Gasteiger partial charge in [0.25, 0.3) is 0 Å². The molecule has 2 N–H and O–H groups in total. The summed E-state index contributed by atoms with van der Waals surface area (Å²) in [7, 11) is 0. The Hall–Kier alpha value is -1.84. The summed E-state index contributed by atoms with van der Waals surface area (Å²) in [4.78, 5) is 27.3. The molecule has 3 saturated heterocycles. The van der Waals surface area contributed by atoms with Crippen LogP contribution in [0.2, 0.25) is 0 Å². The number of hydrogen-bond donors (Lipinski definition) is 2. The van der Waals surface area contributed by atoms with Crippen LogP contribution in [-0.4, -0.2) is 88.7 Å². The van der Waals surface area contributed by atoms with Gasteiger partial charge in [0.2, 0.25) is 11.9 Å². The lowest BCUT2D eigenvalue weighted by Crippen LogP contribution is -2.51. The highest BCUT2D eigenvalue weighted by Gasteiger charge is 2.36. The van der Waals surface area contributed by atoms with Crippen molar-refractivity contribution in [3.63, 3.8) is 0 Å². The molecule has 0 radical (unpaired) electrons. The van der Waals surface area contributed by atoms with Crippen molar-refractivity contribution in [3.05, 3.63) is 23.5 Å². The van der Waals surface area contributed by atoms with Gasteiger partial charge in [0.15, 0.2) is 0 Å². The molecule has 156 valence electrons. The van der Waals surface area contributed by atoms with Crippen LogP contribution in [0.1, 0.15) is 12.0 Å². The van der Waals surface area contributed by atoms with Crippen molar-refractivity contribution in [2.24, 2.45) is 0 Å². The quantitative estimate of drug-likeness (QED) is 0.786. The summed E-state index contributed by atoms with van der Waals surface area (Å²) in [6.45, 7) is 7.16. The fourth-order valence-corrected chi connectivity index (χ4v) is 5.57. The zero-order valence-corrected chi connectivity index (χ0v) is 17.5. The van der Waals surface area contributed by atoms with E-state index in [2.05, 4.69) is 25.1 Å². The lowest BCUT2D eigenvalue weighted by Gasteiger charge is -2.37. The normalized spacial score (nSPS) is 26.0. The molecule has 0 spiro atoms. The summed E-state index contributed by atoms with van der Waals surface area (Å²) in [5.41, 5.74) is 2.18. The SMILES string of the molecule is Cc1c(F)ccc2[nH]c(N3CCN([C@@H]4CN[C@H](C(=O)N5CCSC5)C4)CC3)nc12. The number of nitrogens with one attached hydrogen (secondary N) is 2. The number of carbonyl (C=O) groups is 1. The Morgan fingerprint density at radius 2 is 2.07 bits per heavy atom. The molecule has 4 heterocycles. The van der Waals surface area contributed by atoms with Crippen molar-refractivity contribution in [3.8, 4) is 0 Å². The minimum absolute atomic E-state index is 0.0371. The number of carbonyl (C=O) groups excluding carboxylic acids is 1. The zero-order valence-electron chi connectivity index (χ0n) is 16.7. The number of benzene rings is 1. The van der Waals surface area contributed by atoms with Crippen LogP contribution in [-0.2, 0) is 4.79 Å². The molecule has 9 heteroatoms. The number of nitrogens with zero attached hydrogens (tertiary/aromatic N) is 4. The Morgan fingerprint density at radius 1 is 1.24 bits per heavy atom. The van der Waals surface area contributed by atoms with E-state index in [4.69, 9.17) is 0 Å². The predicted molar refractivity (Wildman–Crippen MR) is 114 cm³/mol. The Kier molecular flexibility index (Phi) is 5.13. The standard InChI is InChI=1S/C20H27FN6OS/c1-13-15(21)2-3-16-18(13)24-20(23-16)26-6-4-25(5-7-26)14-10-17(22-11-14)19(28)27-8-9-29-12-27/h2-3,14,17,22H,4-12H2,1H3,(H,23,24)/t14-,17-/m0/s1. The maximum absolute atomic E-state index is 13.8. The smallest absolute Gasteiger partial charge is 0.240 e. The van der Waals surface area contributed by atoms with Gasteiger partial charge in [-0.25, -0.2) is 9.37 Å². The van der Waals surface area contributed by atoms with Crippen LogP contribution < -0.4 is 10.2 Å². The van der Waals surface area contributed by atoms with Crippen molar-refractivity contribution in [2.75, 3.05) is 55.8 Å². The first-order chi connectivity index (χ1) is 14.1. The van der Waals surface area contributed by atoms with E-state index in [0.717, 1.165) is 68.8 Å². The number of halogens is 1. The van der Waals surface area contributed by atoms with Gasteiger partial charge < -0.3 is 20.1 Å². The number of amides is 1. The van der Waals surface area contributed by atoms with Crippen LogP contribution in [0.3, 0.4) is 0 Å². The number of imidazole rings is 1. The van der Waals surface area contributed by atoms with Crippen LogP contribution in [0, 0.1) is 12.7 Å². The third-order valence-electron chi connectivity index (χ3n) is 6.43. The molecule has 0 saturated carbocycles. The Balaban J connectivity index is 1.19. The Labute approximate surface area is 174 Å². The third-order valence-corrected chi connectivity index (χ3v) is 7.39. The molecular weight excluding hydrogens is 391 g/mol. The summed E-state index contributed by atoms with van der Waals surface area (Å²) in [6, 6.07) is 3.62. The average molecular weight is 419 g/mol. The number of fused-ring (bicyclic) bond motifs is 1. The second-order valence-electron chi connectivity index (χ2n) is 8.14. The third kappa shape index (κ3) is 3.60. The Morgan fingerprint density at radius 3 is 2.83 bits per heavy atom. The van der Waals surface area contributed by atoms with Gasteiger partial charge in [-0.1, -0.05) is 0 Å². The number of rotatable bonds is 3. The fraction of sp³-hybridized carbons (Fsp3) is 0.600. The van der Waals surface area contributed by atoms with Gasteiger partial charge in [0.05, 0.1) is 23.0 Å². The van der Waals surface area contributed by atoms with E-state index >= 15 is 0 Å². The summed E-state index contributed by atoms with van der Waals surface area (Å²) >= 11 is 1.83. The first kappa shape index (κ1) is 19.1. The van der Waals surface area contributed by atoms with E-state index in [1.54, 1.807) is 13.0 Å². The molecule has 0 unspecified atom stereocenters. The number of anilines is 1. The molecule has 29 heavy (non-hydrogen) atoms. The van der Waals surface area contributed by atoms with Gasteiger partial charge >= 0.3 is 0 Å². The van der Waals surface area contributed by atoms with Crippen LogP contribution >= 0.6 is 11.8 Å². The first-order valence-corrected chi connectivity index (χ1v) is 11.5. The molecule has 3 aliphatic rings. The zero-order chi connectivity index (χ0) is 20.0. The van der Waals surface area contributed by atoms with Crippen LogP contribution in [0.4, 0.5) is 10.3 Å². The van der Waals surface area contributed by atoms with Crippen LogP contribution in [0.5, 0.6) is 0 Å². The molecule has 0 aliphatic carbocycles. The van der Waals surface area contributed by atoms with E-state index in [1.807, 2.05) is 16.7 Å².